The van der Waals surface area contributed by atoms with Crippen LogP contribution < -0.4 is 10.6 Å². The van der Waals surface area contributed by atoms with Crippen molar-refractivity contribution in [3.05, 3.63) is 77.8 Å². The summed E-state index contributed by atoms with van der Waals surface area (Å²) in [6.45, 7) is 6.16. The molecule has 2 N–H and O–H groups in total. The second kappa shape index (κ2) is 14.0. The number of amides is 2. The van der Waals surface area contributed by atoms with Crippen molar-refractivity contribution < 1.29 is 19.4 Å². The van der Waals surface area contributed by atoms with Crippen molar-refractivity contribution in [3.63, 3.8) is 0 Å². The smallest absolute Gasteiger partial charge is 0.270 e. The zero-order valence-electron chi connectivity index (χ0n) is 20.5. The van der Waals surface area contributed by atoms with Crippen molar-refractivity contribution in [1.29, 1.82) is 0 Å². The second-order valence-electron chi connectivity index (χ2n) is 8.74. The Hall–Kier alpha value is -3.32. The number of benzene rings is 2. The first-order valence-corrected chi connectivity index (χ1v) is 12.8. The van der Waals surface area contributed by atoms with Gasteiger partial charge in [-0.25, -0.2) is 0 Å². The summed E-state index contributed by atoms with van der Waals surface area (Å²) in [5, 5.41) is 27.3. The molecule has 0 aromatic heterocycles. The normalized spacial score (nSPS) is 14.2. The van der Waals surface area contributed by atoms with E-state index < -0.39 is 9.85 Å². The Morgan fingerprint density at radius 2 is 1.11 bits per heavy atom. The quantitative estimate of drug-likeness (QED) is 0.225. The van der Waals surface area contributed by atoms with Gasteiger partial charge in [-0.1, -0.05) is 23.2 Å². The molecule has 0 saturated carbocycles. The minimum atomic E-state index is -0.563. The van der Waals surface area contributed by atoms with E-state index in [4.69, 9.17) is 23.2 Å². The molecule has 2 amide bonds. The molecule has 3 rings (SSSR count). The van der Waals surface area contributed by atoms with Gasteiger partial charge in [-0.05, 0) is 38.1 Å². The molecule has 0 atom stereocenters. The topological polar surface area (TPSA) is 151 Å². The minimum Gasteiger partial charge on any atom is -0.352 e. The lowest BCUT2D eigenvalue weighted by molar-refractivity contribution is -0.385. The summed E-state index contributed by atoms with van der Waals surface area (Å²) < 4.78 is 0. The van der Waals surface area contributed by atoms with E-state index in [1.54, 1.807) is 0 Å². The van der Waals surface area contributed by atoms with Crippen LogP contribution in [-0.2, 0) is 0 Å². The Morgan fingerprint density at radius 1 is 0.737 bits per heavy atom. The van der Waals surface area contributed by atoms with Gasteiger partial charge in [-0.15, -0.1) is 0 Å². The lowest BCUT2D eigenvalue weighted by atomic mass is 10.2. The molecule has 1 saturated heterocycles. The van der Waals surface area contributed by atoms with Crippen molar-refractivity contribution in [1.82, 2.24) is 20.4 Å². The van der Waals surface area contributed by atoms with E-state index in [0.717, 1.165) is 52.1 Å². The summed E-state index contributed by atoms with van der Waals surface area (Å²) in [6.07, 6.45) is 1.52. The number of non-ortho nitro benzene ring substituents is 2. The highest BCUT2D eigenvalue weighted by molar-refractivity contribution is 6.34. The van der Waals surface area contributed by atoms with Gasteiger partial charge in [0, 0.05) is 63.5 Å². The van der Waals surface area contributed by atoms with Crippen LogP contribution in [0.2, 0.25) is 10.0 Å². The fraction of sp³-hybridized carbons (Fsp3) is 0.417. The van der Waals surface area contributed by atoms with Crippen LogP contribution in [0, 0.1) is 20.2 Å². The highest BCUT2D eigenvalue weighted by Gasteiger charge is 2.18. The monoisotopic (exact) mass is 566 g/mol. The van der Waals surface area contributed by atoms with Gasteiger partial charge in [-0.3, -0.25) is 29.8 Å². The largest absolute Gasteiger partial charge is 0.352 e. The van der Waals surface area contributed by atoms with Crippen molar-refractivity contribution in [2.75, 3.05) is 52.4 Å². The van der Waals surface area contributed by atoms with Gasteiger partial charge < -0.3 is 20.4 Å². The maximum atomic E-state index is 12.3. The summed E-state index contributed by atoms with van der Waals surface area (Å²) in [5.41, 5.74) is 0.0843. The molecule has 1 aliphatic rings. The number of nitrogens with zero attached hydrogens (tertiary/aromatic N) is 4. The zero-order valence-corrected chi connectivity index (χ0v) is 22.0. The van der Waals surface area contributed by atoms with Gasteiger partial charge in [0.15, 0.2) is 0 Å². The number of piperazine rings is 1. The number of carbonyl (C=O) groups is 2. The van der Waals surface area contributed by atoms with E-state index in [1.165, 1.54) is 36.4 Å². The number of carbonyl (C=O) groups excluding carboxylic acids is 2. The molecule has 0 unspecified atom stereocenters. The first-order valence-electron chi connectivity index (χ1n) is 12.0. The van der Waals surface area contributed by atoms with Crippen molar-refractivity contribution in [2.24, 2.45) is 0 Å². The van der Waals surface area contributed by atoms with Crippen LogP contribution in [0.15, 0.2) is 36.4 Å². The van der Waals surface area contributed by atoms with Gasteiger partial charge in [0.2, 0.25) is 0 Å². The summed E-state index contributed by atoms with van der Waals surface area (Å²) in [4.78, 5) is 49.7. The molecule has 1 aliphatic heterocycles. The molecule has 12 nitrogen and oxygen atoms in total. The van der Waals surface area contributed by atoms with Gasteiger partial charge in [0.25, 0.3) is 23.2 Å². The van der Waals surface area contributed by atoms with E-state index in [9.17, 15) is 29.8 Å². The highest BCUT2D eigenvalue weighted by Crippen LogP contribution is 2.23. The Bertz CT molecular complexity index is 1100. The van der Waals surface area contributed by atoms with Crippen molar-refractivity contribution in [2.45, 2.75) is 12.8 Å². The van der Waals surface area contributed by atoms with Crippen LogP contribution in [-0.4, -0.2) is 83.8 Å². The molecule has 0 aliphatic carbocycles. The van der Waals surface area contributed by atoms with E-state index in [-0.39, 0.29) is 44.4 Å². The molecule has 1 heterocycles. The van der Waals surface area contributed by atoms with Crippen LogP contribution >= 0.6 is 23.2 Å². The van der Waals surface area contributed by atoms with Crippen molar-refractivity contribution >= 4 is 46.4 Å². The molecule has 0 spiro atoms. The summed E-state index contributed by atoms with van der Waals surface area (Å²) in [5.74, 6) is -0.727. The minimum absolute atomic E-state index is 0.0440. The predicted octanol–water partition coefficient (Wildman–Crippen LogP) is 3.37. The Morgan fingerprint density at radius 3 is 1.42 bits per heavy atom. The second-order valence-corrected chi connectivity index (χ2v) is 9.56. The predicted molar refractivity (Wildman–Crippen MR) is 143 cm³/mol. The summed E-state index contributed by atoms with van der Waals surface area (Å²) in [6, 6.07) is 7.54. The molecule has 204 valence electrons. The molecule has 0 bridgehead atoms. The average Bonchev–Trinajstić information content (AvgIpc) is 2.89. The molecule has 2 aromatic rings. The molecule has 14 heteroatoms. The number of halogens is 2. The average molecular weight is 567 g/mol. The highest BCUT2D eigenvalue weighted by atomic mass is 35.5. The summed E-state index contributed by atoms with van der Waals surface area (Å²) >= 11 is 12.0. The van der Waals surface area contributed by atoms with Crippen LogP contribution in [0.25, 0.3) is 0 Å². The van der Waals surface area contributed by atoms with Crippen LogP contribution in [0.1, 0.15) is 33.6 Å². The number of hydrogen-bond donors (Lipinski definition) is 2. The standard InChI is InChI=1S/C24H28Cl2N6O6/c25-21-15-17(31(35)36)3-5-19(21)23(33)27-7-1-9-29-11-13-30(14-12-29)10-2-8-28-24(34)20-6-4-18(32(37)38)16-22(20)26/h3-6,15-16H,1-2,7-14H2,(H,27,33)(H,28,34). The number of nitrogens with one attached hydrogen (secondary N) is 2. The maximum absolute atomic E-state index is 12.3. The fourth-order valence-corrected chi connectivity index (χ4v) is 4.56. The van der Waals surface area contributed by atoms with Gasteiger partial charge in [0.05, 0.1) is 31.0 Å². The third kappa shape index (κ3) is 8.35. The molecule has 2 aromatic carbocycles. The van der Waals surface area contributed by atoms with Crippen LogP contribution in [0.3, 0.4) is 0 Å². The Balaban J connectivity index is 1.28. The number of nitro benzene ring substituents is 2. The first-order chi connectivity index (χ1) is 18.2. The lowest BCUT2D eigenvalue weighted by Crippen LogP contribution is -2.47. The van der Waals surface area contributed by atoms with E-state index in [0.29, 0.717) is 13.1 Å². The third-order valence-electron chi connectivity index (χ3n) is 6.15. The number of rotatable bonds is 12. The number of nitro groups is 2. The fourth-order valence-electron chi connectivity index (χ4n) is 4.04. The van der Waals surface area contributed by atoms with E-state index in [1.807, 2.05) is 0 Å². The molecular weight excluding hydrogens is 539 g/mol. The van der Waals surface area contributed by atoms with E-state index in [2.05, 4.69) is 20.4 Å². The maximum Gasteiger partial charge on any atom is 0.270 e. The molecule has 1 fully saturated rings. The Labute approximate surface area is 229 Å². The van der Waals surface area contributed by atoms with Crippen molar-refractivity contribution in [3.8, 4) is 0 Å². The lowest BCUT2D eigenvalue weighted by Gasteiger charge is -2.34. The summed E-state index contributed by atoms with van der Waals surface area (Å²) in [7, 11) is 0. The van der Waals surface area contributed by atoms with Crippen LogP contribution in [0.5, 0.6) is 0 Å². The van der Waals surface area contributed by atoms with Gasteiger partial charge in [0.1, 0.15) is 0 Å². The van der Waals surface area contributed by atoms with Gasteiger partial charge >= 0.3 is 0 Å². The first kappa shape index (κ1) is 29.2. The zero-order chi connectivity index (χ0) is 27.7. The molecule has 38 heavy (non-hydrogen) atoms. The Kier molecular flexibility index (Phi) is 10.8. The van der Waals surface area contributed by atoms with E-state index >= 15 is 0 Å². The SMILES string of the molecule is O=C(NCCCN1CCN(CCCNC(=O)c2ccc([N+](=O)[O-])cc2Cl)CC1)c1ccc([N+](=O)[O-])cc1Cl. The molecular formula is C24H28Cl2N6O6. The van der Waals surface area contributed by atoms with Gasteiger partial charge in [-0.2, -0.15) is 0 Å². The third-order valence-corrected chi connectivity index (χ3v) is 6.78. The number of hydrogen-bond acceptors (Lipinski definition) is 8. The van der Waals surface area contributed by atoms with Crippen LogP contribution in [0.4, 0.5) is 11.4 Å². The molecule has 0 radical (unpaired) electrons.